The molecule has 1 aliphatic rings. The van der Waals surface area contributed by atoms with Crippen molar-refractivity contribution in [3.8, 4) is 17.2 Å². The topological polar surface area (TPSA) is 47.6 Å². The molecule has 0 radical (unpaired) electrons. The lowest BCUT2D eigenvalue weighted by Gasteiger charge is -2.13. The van der Waals surface area contributed by atoms with Crippen LogP contribution in [-0.4, -0.2) is 12.9 Å². The van der Waals surface area contributed by atoms with E-state index in [1.54, 1.807) is 7.11 Å². The van der Waals surface area contributed by atoms with Gasteiger partial charge in [-0.1, -0.05) is 12.1 Å². The number of hydrogen-bond acceptors (Lipinski definition) is 4. The van der Waals surface area contributed by atoms with Crippen LogP contribution in [0.4, 0.5) is 5.69 Å². The summed E-state index contributed by atoms with van der Waals surface area (Å²) in [6, 6.07) is 15.2. The van der Waals surface area contributed by atoms with Crippen LogP contribution in [0.3, 0.4) is 0 Å². The Labute approximate surface area is 142 Å². The summed E-state index contributed by atoms with van der Waals surface area (Å²) >= 11 is 0. The smallest absolute Gasteiger partial charge is 0.169 e. The first-order valence-electron chi connectivity index (χ1n) is 8.16. The summed E-state index contributed by atoms with van der Waals surface area (Å²) < 4.78 is 11.1. The molecule has 0 amide bonds. The van der Waals surface area contributed by atoms with Crippen molar-refractivity contribution in [2.24, 2.45) is 0 Å². The summed E-state index contributed by atoms with van der Waals surface area (Å²) in [6.07, 6.45) is 5.45. The molecule has 2 aromatic carbocycles. The van der Waals surface area contributed by atoms with Crippen LogP contribution in [0.15, 0.2) is 60.3 Å². The molecule has 1 fully saturated rings. The molecule has 0 saturated heterocycles. The maximum Gasteiger partial charge on any atom is 0.169 e. The number of hydrogen-bond donors (Lipinski definition) is 1. The van der Waals surface area contributed by atoms with Crippen molar-refractivity contribution in [1.29, 1.82) is 0 Å². The van der Waals surface area contributed by atoms with Gasteiger partial charge in [-0.15, -0.1) is 0 Å². The molecule has 4 nitrogen and oxygen atoms in total. The highest BCUT2D eigenvalue weighted by Crippen LogP contribution is 2.31. The van der Waals surface area contributed by atoms with Crippen LogP contribution in [0, 0.1) is 0 Å². The van der Waals surface area contributed by atoms with Gasteiger partial charge >= 0.3 is 0 Å². The molecule has 1 saturated carbocycles. The largest absolute Gasteiger partial charge is 0.493 e. The summed E-state index contributed by atoms with van der Waals surface area (Å²) in [5, 5.41) is 3.20. The second kappa shape index (κ2) is 7.68. The lowest BCUT2D eigenvalue weighted by atomic mass is 9.94. The van der Waals surface area contributed by atoms with Crippen LogP contribution in [0.5, 0.6) is 17.2 Å². The van der Waals surface area contributed by atoms with E-state index >= 15 is 0 Å². The lowest BCUT2D eigenvalue weighted by molar-refractivity contribution is -0.116. The van der Waals surface area contributed by atoms with E-state index in [9.17, 15) is 4.79 Å². The van der Waals surface area contributed by atoms with Gasteiger partial charge in [0.25, 0.3) is 0 Å². The molecule has 3 rings (SSSR count). The van der Waals surface area contributed by atoms with Crippen LogP contribution < -0.4 is 14.8 Å². The fourth-order valence-electron chi connectivity index (χ4n) is 2.67. The van der Waals surface area contributed by atoms with Gasteiger partial charge in [0.05, 0.1) is 7.11 Å². The Morgan fingerprint density at radius 2 is 1.67 bits per heavy atom. The number of methoxy groups -OCH3 is 1. The number of anilines is 1. The molecule has 0 atom stereocenters. The van der Waals surface area contributed by atoms with Crippen molar-refractivity contribution in [1.82, 2.24) is 0 Å². The monoisotopic (exact) mass is 323 g/mol. The molecule has 24 heavy (non-hydrogen) atoms. The van der Waals surface area contributed by atoms with Gasteiger partial charge in [-0.3, -0.25) is 4.79 Å². The number of ether oxygens (including phenoxy) is 2. The maximum absolute atomic E-state index is 11.8. The van der Waals surface area contributed by atoms with Crippen molar-refractivity contribution in [3.63, 3.8) is 0 Å². The van der Waals surface area contributed by atoms with Crippen LogP contribution in [0.1, 0.15) is 25.7 Å². The predicted octanol–water partition coefficient (Wildman–Crippen LogP) is 4.93. The molecule has 0 bridgehead atoms. The number of carbonyl (C=O) groups excluding carboxylic acids is 1. The molecule has 124 valence electrons. The molecule has 0 unspecified atom stereocenters. The zero-order valence-corrected chi connectivity index (χ0v) is 13.7. The van der Waals surface area contributed by atoms with E-state index < -0.39 is 0 Å². The Balaban J connectivity index is 1.65. The zero-order chi connectivity index (χ0) is 16.8. The molecule has 2 aromatic rings. The van der Waals surface area contributed by atoms with Gasteiger partial charge < -0.3 is 14.8 Å². The Hall–Kier alpha value is -2.75. The number of carbonyl (C=O) groups is 1. The highest BCUT2D eigenvalue weighted by atomic mass is 16.5. The highest BCUT2D eigenvalue weighted by Gasteiger charge is 2.14. The standard InChI is InChI=1S/C20H21NO3/c1-23-19-8-4-5-9-20(19)24-17-12-10-16(11-13-17)21-14-15-6-2-3-7-18(15)22/h4-5,8-14,21H,2-3,6-7H2,1H3/b15-14+. The fraction of sp³-hybridized carbons (Fsp3) is 0.250. The van der Waals surface area contributed by atoms with Gasteiger partial charge in [0.15, 0.2) is 17.3 Å². The van der Waals surface area contributed by atoms with E-state index in [1.807, 2.05) is 54.7 Å². The van der Waals surface area contributed by atoms with Gasteiger partial charge in [-0.05, 0) is 55.7 Å². The quantitative estimate of drug-likeness (QED) is 0.793. The van der Waals surface area contributed by atoms with Crippen molar-refractivity contribution in [2.45, 2.75) is 25.7 Å². The van der Waals surface area contributed by atoms with Gasteiger partial charge in [0.2, 0.25) is 0 Å². The van der Waals surface area contributed by atoms with Crippen molar-refractivity contribution in [3.05, 3.63) is 60.3 Å². The molecular weight excluding hydrogens is 302 g/mol. The van der Waals surface area contributed by atoms with E-state index in [-0.39, 0.29) is 5.78 Å². The van der Waals surface area contributed by atoms with E-state index in [0.717, 1.165) is 36.3 Å². The van der Waals surface area contributed by atoms with E-state index in [4.69, 9.17) is 9.47 Å². The summed E-state index contributed by atoms with van der Waals surface area (Å²) in [4.78, 5) is 11.8. The number of allylic oxidation sites excluding steroid dienone is 1. The summed E-state index contributed by atoms with van der Waals surface area (Å²) in [5.74, 6) is 2.35. The first kappa shape index (κ1) is 16.1. The average Bonchev–Trinajstić information content (AvgIpc) is 2.63. The van der Waals surface area contributed by atoms with Gasteiger partial charge in [-0.25, -0.2) is 0 Å². The van der Waals surface area contributed by atoms with Gasteiger partial charge in [0, 0.05) is 23.9 Å². The van der Waals surface area contributed by atoms with Gasteiger partial charge in [0.1, 0.15) is 5.75 Å². The molecule has 4 heteroatoms. The number of Topliss-reactive ketones (excluding diaryl/α,β-unsaturated/α-hetero) is 1. The minimum absolute atomic E-state index is 0.255. The number of nitrogens with one attached hydrogen (secondary N) is 1. The van der Waals surface area contributed by atoms with Crippen LogP contribution in [0.2, 0.25) is 0 Å². The maximum atomic E-state index is 11.8. The third-order valence-corrected chi connectivity index (χ3v) is 4.02. The van der Waals surface area contributed by atoms with E-state index in [1.165, 1.54) is 0 Å². The number of benzene rings is 2. The number of para-hydroxylation sites is 2. The van der Waals surface area contributed by atoms with Crippen LogP contribution in [0.25, 0.3) is 0 Å². The SMILES string of the molecule is COc1ccccc1Oc1ccc(N/C=C2\CCCCC2=O)cc1. The summed E-state index contributed by atoms with van der Waals surface area (Å²) in [5.41, 5.74) is 1.81. The van der Waals surface area contributed by atoms with Crippen LogP contribution in [-0.2, 0) is 4.79 Å². The number of ketones is 1. The van der Waals surface area contributed by atoms with Crippen LogP contribution >= 0.6 is 0 Å². The van der Waals surface area contributed by atoms with Crippen molar-refractivity contribution in [2.75, 3.05) is 12.4 Å². The third kappa shape index (κ3) is 3.96. The fourth-order valence-corrected chi connectivity index (χ4v) is 2.67. The predicted molar refractivity (Wildman–Crippen MR) is 94.7 cm³/mol. The minimum atomic E-state index is 0.255. The zero-order valence-electron chi connectivity index (χ0n) is 13.7. The number of rotatable bonds is 5. The molecular formula is C20H21NO3. The van der Waals surface area contributed by atoms with Crippen molar-refractivity contribution >= 4 is 11.5 Å². The van der Waals surface area contributed by atoms with E-state index in [2.05, 4.69) is 5.32 Å². The first-order chi connectivity index (χ1) is 11.8. The minimum Gasteiger partial charge on any atom is -0.493 e. The normalized spacial score (nSPS) is 16.0. The molecule has 1 N–H and O–H groups in total. The Morgan fingerprint density at radius 1 is 0.958 bits per heavy atom. The Bertz CT molecular complexity index is 735. The first-order valence-corrected chi connectivity index (χ1v) is 8.16. The Morgan fingerprint density at radius 3 is 2.38 bits per heavy atom. The molecule has 0 aromatic heterocycles. The van der Waals surface area contributed by atoms with Crippen molar-refractivity contribution < 1.29 is 14.3 Å². The molecule has 1 aliphatic carbocycles. The molecule has 0 heterocycles. The molecule has 0 aliphatic heterocycles. The van der Waals surface area contributed by atoms with Gasteiger partial charge in [-0.2, -0.15) is 0 Å². The van der Waals surface area contributed by atoms with E-state index in [0.29, 0.717) is 17.9 Å². The highest BCUT2D eigenvalue weighted by molar-refractivity contribution is 5.96. The lowest BCUT2D eigenvalue weighted by Crippen LogP contribution is -2.09. The average molecular weight is 323 g/mol. The second-order valence-electron chi connectivity index (χ2n) is 5.72. The second-order valence-corrected chi connectivity index (χ2v) is 5.72. The Kier molecular flexibility index (Phi) is 5.16. The summed E-state index contributed by atoms with van der Waals surface area (Å²) in [6.45, 7) is 0. The molecule has 0 spiro atoms. The third-order valence-electron chi connectivity index (χ3n) is 4.02. The summed E-state index contributed by atoms with van der Waals surface area (Å²) in [7, 11) is 1.62.